The molecule has 0 spiro atoms. The van der Waals surface area contributed by atoms with Gasteiger partial charge in [-0.3, -0.25) is 14.8 Å². The average molecular weight is 928 g/mol. The van der Waals surface area contributed by atoms with Gasteiger partial charge in [0.1, 0.15) is 5.76 Å². The number of aryl methyl sites for hydroxylation is 2. The number of pyridine rings is 2. The summed E-state index contributed by atoms with van der Waals surface area (Å²) in [5.41, 5.74) is 9.09. The summed E-state index contributed by atoms with van der Waals surface area (Å²) in [4.78, 5) is 23.5. The summed E-state index contributed by atoms with van der Waals surface area (Å²) in [7, 11) is 0. The minimum absolute atomic E-state index is 0. The second-order valence-corrected chi connectivity index (χ2v) is 16.8. The molecule has 0 atom stereocenters. The van der Waals surface area contributed by atoms with E-state index in [9.17, 15) is 9.90 Å². The van der Waals surface area contributed by atoms with Crippen LogP contribution < -0.4 is 0 Å². The fourth-order valence-electron chi connectivity index (χ4n) is 7.35. The van der Waals surface area contributed by atoms with E-state index >= 15 is 0 Å². The van der Waals surface area contributed by atoms with Gasteiger partial charge in [0.25, 0.3) is 0 Å². The van der Waals surface area contributed by atoms with Crippen LogP contribution in [0.2, 0.25) is 0 Å². The predicted molar refractivity (Wildman–Crippen MR) is 229 cm³/mol. The molecule has 3 aromatic carbocycles. The summed E-state index contributed by atoms with van der Waals surface area (Å²) in [5, 5.41) is 13.8. The number of aliphatic hydroxyl groups is 1. The van der Waals surface area contributed by atoms with Gasteiger partial charge in [0.2, 0.25) is 0 Å². The van der Waals surface area contributed by atoms with Crippen LogP contribution in [-0.2, 0) is 44.2 Å². The molecule has 0 amide bonds. The third-order valence-electron chi connectivity index (χ3n) is 11.9. The van der Waals surface area contributed by atoms with Gasteiger partial charge in [-0.15, -0.1) is 34.9 Å². The number of carbonyl (C=O) groups excluding carboxylic acids is 1. The summed E-state index contributed by atoms with van der Waals surface area (Å²) >= 11 is 1.87. The third-order valence-corrected chi connectivity index (χ3v) is 13.2. The van der Waals surface area contributed by atoms with Gasteiger partial charge >= 0.3 is 0 Å². The second kappa shape index (κ2) is 17.9. The average Bonchev–Trinajstić information content (AvgIpc) is 3.59. The number of ketones is 1. The third kappa shape index (κ3) is 8.73. The van der Waals surface area contributed by atoms with Crippen molar-refractivity contribution in [3.63, 3.8) is 0 Å². The van der Waals surface area contributed by atoms with Gasteiger partial charge < -0.3 is 5.11 Å². The maximum absolute atomic E-state index is 12.2. The Balaban J connectivity index is 0.000000276. The van der Waals surface area contributed by atoms with Crippen molar-refractivity contribution in [2.75, 3.05) is 0 Å². The molecular formula is C49H55IrN2O2S-. The second-order valence-electron chi connectivity index (χ2n) is 15.8. The van der Waals surface area contributed by atoms with Crippen LogP contribution in [0.25, 0.3) is 53.7 Å². The predicted octanol–water partition coefficient (Wildman–Crippen LogP) is 13.6. The minimum atomic E-state index is -0.337. The molecule has 0 bridgehead atoms. The van der Waals surface area contributed by atoms with Gasteiger partial charge in [-0.1, -0.05) is 120 Å². The molecule has 6 heteroatoms. The Kier molecular flexibility index (Phi) is 13.7. The Morgan fingerprint density at radius 2 is 1.53 bits per heavy atom. The van der Waals surface area contributed by atoms with Crippen molar-refractivity contribution in [3.8, 4) is 32.8 Å². The monoisotopic (exact) mass is 928 g/mol. The number of hydrogen-bond acceptors (Lipinski definition) is 5. The molecule has 1 aliphatic carbocycles. The molecule has 0 saturated heterocycles. The standard InChI is InChI=1S/C34H27N2S.C15H28O2.Ir/c1-21(2)18-25-12-13-29-31(36-25)15-14-27-28-16-17-35-32(34(28)37-33(27)29)24-19-23-10-6-7-11-26(23)30(20-24)22-8-4-3-5-9-22;1-7-14(5,8-2)12(16)11-13(17)15(6,9-3)10-4;/h3-13,16-17,20-21H,14-15,18H2,1-2H3;11,16H,7-10H2,1-6H3;/q-1;;/b;12-11-;. The summed E-state index contributed by atoms with van der Waals surface area (Å²) in [6.07, 6.45) is 9.78. The molecule has 1 radical (unpaired) electrons. The quantitative estimate of drug-likeness (QED) is 0.0799. The number of allylic oxidation sites excluding steroid dienone is 2. The van der Waals surface area contributed by atoms with Crippen LogP contribution >= 0.6 is 11.3 Å². The molecule has 0 aliphatic heterocycles. The Labute approximate surface area is 345 Å². The molecule has 0 fully saturated rings. The van der Waals surface area contributed by atoms with Crippen molar-refractivity contribution >= 4 is 38.0 Å². The van der Waals surface area contributed by atoms with Gasteiger partial charge in [-0.05, 0) is 85.6 Å². The van der Waals surface area contributed by atoms with Crippen molar-refractivity contribution in [1.29, 1.82) is 0 Å². The number of aliphatic hydroxyl groups excluding tert-OH is 1. The van der Waals surface area contributed by atoms with Crippen molar-refractivity contribution < 1.29 is 30.0 Å². The summed E-state index contributed by atoms with van der Waals surface area (Å²) in [6, 6.07) is 31.9. The van der Waals surface area contributed by atoms with Crippen LogP contribution in [0.5, 0.6) is 0 Å². The van der Waals surface area contributed by atoms with Crippen LogP contribution in [-0.4, -0.2) is 20.9 Å². The first-order valence-corrected chi connectivity index (χ1v) is 20.6. The number of nitrogens with zero attached hydrogens (tertiary/aromatic N) is 2. The molecule has 0 unspecified atom stereocenters. The number of hydrogen-bond donors (Lipinski definition) is 1. The maximum atomic E-state index is 12.2. The van der Waals surface area contributed by atoms with Gasteiger partial charge in [0, 0.05) is 75.4 Å². The number of fused-ring (bicyclic) bond motifs is 6. The maximum Gasteiger partial charge on any atom is 0.164 e. The van der Waals surface area contributed by atoms with Gasteiger partial charge in [0.15, 0.2) is 5.78 Å². The Morgan fingerprint density at radius 1 is 0.855 bits per heavy atom. The van der Waals surface area contributed by atoms with Crippen LogP contribution in [0, 0.1) is 22.8 Å². The van der Waals surface area contributed by atoms with Crippen LogP contribution in [0.4, 0.5) is 0 Å². The molecule has 7 rings (SSSR count). The number of thiophene rings is 1. The van der Waals surface area contributed by atoms with Crippen molar-refractivity contribution in [2.45, 2.75) is 100 Å². The summed E-state index contributed by atoms with van der Waals surface area (Å²) < 4.78 is 1.25. The zero-order chi connectivity index (χ0) is 38.6. The van der Waals surface area contributed by atoms with E-state index in [4.69, 9.17) is 9.97 Å². The minimum Gasteiger partial charge on any atom is -0.512 e. The molecular weight excluding hydrogens is 873 g/mol. The molecule has 3 aromatic heterocycles. The zero-order valence-corrected chi connectivity index (χ0v) is 36.9. The molecule has 1 aliphatic rings. The van der Waals surface area contributed by atoms with E-state index in [-0.39, 0.29) is 42.5 Å². The molecule has 1 N–H and O–H groups in total. The Hall–Kier alpha value is -3.96. The van der Waals surface area contributed by atoms with E-state index in [1.54, 1.807) is 0 Å². The SMILES string of the molecule is CC(C)Cc1ccc2c(n1)CCc1c-2sc2c(-c3[c-]c4ccccc4c(-c4ccccc4)c3)nccc12.CCC(C)(CC)C(=O)/C=C(\O)C(C)(CC)CC.[Ir]. The smallest absolute Gasteiger partial charge is 0.164 e. The van der Waals surface area contributed by atoms with Crippen LogP contribution in [0.15, 0.2) is 96.9 Å². The van der Waals surface area contributed by atoms with Crippen LogP contribution in [0.1, 0.15) is 98.0 Å². The summed E-state index contributed by atoms with van der Waals surface area (Å²) in [6.45, 7) is 16.6. The largest absolute Gasteiger partial charge is 0.512 e. The van der Waals surface area contributed by atoms with E-state index in [1.165, 1.54) is 60.1 Å². The van der Waals surface area contributed by atoms with Crippen LogP contribution in [0.3, 0.4) is 0 Å². The normalized spacial score (nSPS) is 12.9. The fourth-order valence-corrected chi connectivity index (χ4v) is 8.75. The van der Waals surface area contributed by atoms with Crippen molar-refractivity contribution in [1.82, 2.24) is 9.97 Å². The number of rotatable bonds is 11. The first kappa shape index (κ1) is 42.2. The first-order chi connectivity index (χ1) is 25.9. The van der Waals surface area contributed by atoms with Gasteiger partial charge in [-0.2, -0.15) is 0 Å². The molecule has 4 nitrogen and oxygen atoms in total. The molecule has 55 heavy (non-hydrogen) atoms. The van der Waals surface area contributed by atoms with E-state index in [1.807, 2.05) is 59.1 Å². The van der Waals surface area contributed by atoms with E-state index in [0.717, 1.165) is 61.6 Å². The zero-order valence-electron chi connectivity index (χ0n) is 33.7. The Bertz CT molecular complexity index is 2300. The molecule has 6 aromatic rings. The summed E-state index contributed by atoms with van der Waals surface area (Å²) in [5.74, 6) is 0.899. The van der Waals surface area contributed by atoms with Gasteiger partial charge in [0.05, 0.1) is 0 Å². The van der Waals surface area contributed by atoms with E-state index in [2.05, 4.69) is 98.8 Å². The van der Waals surface area contributed by atoms with E-state index < -0.39 is 0 Å². The topological polar surface area (TPSA) is 63.1 Å². The van der Waals surface area contributed by atoms with Crippen molar-refractivity contribution in [2.24, 2.45) is 16.7 Å². The fraction of sp³-hybridized carbons (Fsp3) is 0.367. The number of aromatic nitrogens is 2. The Morgan fingerprint density at radius 3 is 2.20 bits per heavy atom. The van der Waals surface area contributed by atoms with E-state index in [0.29, 0.717) is 5.92 Å². The van der Waals surface area contributed by atoms with Crippen molar-refractivity contribution in [3.05, 3.63) is 120 Å². The molecule has 0 saturated carbocycles. The molecule has 289 valence electrons. The number of carbonyl (C=O) groups is 1. The number of benzene rings is 3. The first-order valence-electron chi connectivity index (χ1n) is 19.8. The molecule has 3 heterocycles. The van der Waals surface area contributed by atoms with Gasteiger partial charge in [-0.25, -0.2) is 0 Å².